The second-order valence-corrected chi connectivity index (χ2v) is 8.28. The second kappa shape index (κ2) is 7.55. The zero-order valence-corrected chi connectivity index (χ0v) is 17.5. The Morgan fingerprint density at radius 2 is 1.93 bits per heavy atom. The van der Waals surface area contributed by atoms with Crippen molar-refractivity contribution in [2.45, 2.75) is 45.2 Å². The summed E-state index contributed by atoms with van der Waals surface area (Å²) >= 11 is 0. The molecule has 0 spiro atoms. The fourth-order valence-electron chi connectivity index (χ4n) is 4.35. The Balaban J connectivity index is 1.27. The Morgan fingerprint density at radius 3 is 2.77 bits per heavy atom. The van der Waals surface area contributed by atoms with E-state index in [1.54, 1.807) is 11.1 Å². The number of carbonyl (C=O) groups excluding carboxylic acids is 1. The number of aryl methyl sites for hydroxylation is 3. The fourth-order valence-corrected chi connectivity index (χ4v) is 4.35. The van der Waals surface area contributed by atoms with E-state index < -0.39 is 0 Å². The van der Waals surface area contributed by atoms with Crippen LogP contribution in [-0.4, -0.2) is 45.3 Å². The van der Waals surface area contributed by atoms with Gasteiger partial charge in [0.25, 0.3) is 0 Å². The maximum atomic E-state index is 12.5. The van der Waals surface area contributed by atoms with Gasteiger partial charge in [0.15, 0.2) is 5.82 Å². The predicted octanol–water partition coefficient (Wildman–Crippen LogP) is 2.76. The molecule has 2 aromatic heterocycles. The van der Waals surface area contributed by atoms with Crippen LogP contribution in [0.2, 0.25) is 0 Å². The van der Waals surface area contributed by atoms with Crippen molar-refractivity contribution in [3.63, 3.8) is 0 Å². The van der Waals surface area contributed by atoms with E-state index in [9.17, 15) is 4.79 Å². The van der Waals surface area contributed by atoms with Gasteiger partial charge in [-0.1, -0.05) is 29.8 Å². The van der Waals surface area contributed by atoms with E-state index in [-0.39, 0.29) is 11.9 Å². The van der Waals surface area contributed by atoms with Gasteiger partial charge in [-0.3, -0.25) is 9.48 Å². The summed E-state index contributed by atoms with van der Waals surface area (Å²) < 4.78 is 1.98. The number of hydrogen-bond donors (Lipinski definition) is 0. The van der Waals surface area contributed by atoms with E-state index in [0.717, 1.165) is 56.1 Å². The molecule has 1 fully saturated rings. The summed E-state index contributed by atoms with van der Waals surface area (Å²) in [7, 11) is 1.82. The van der Waals surface area contributed by atoms with Crippen molar-refractivity contribution in [3.8, 4) is 0 Å². The van der Waals surface area contributed by atoms with Crippen LogP contribution < -0.4 is 9.80 Å². The van der Waals surface area contributed by atoms with Crippen LogP contribution in [0, 0.1) is 6.92 Å². The van der Waals surface area contributed by atoms with E-state index in [1.165, 1.54) is 16.7 Å². The van der Waals surface area contributed by atoms with E-state index in [4.69, 9.17) is 4.98 Å². The average Bonchev–Trinajstić information content (AvgIpc) is 3.42. The molecule has 154 valence electrons. The lowest BCUT2D eigenvalue weighted by Crippen LogP contribution is -2.49. The van der Waals surface area contributed by atoms with Gasteiger partial charge in [0, 0.05) is 26.2 Å². The maximum absolute atomic E-state index is 12.5. The Labute approximate surface area is 176 Å². The summed E-state index contributed by atoms with van der Waals surface area (Å²) in [5.74, 6) is 1.87. The number of fused-ring (bicyclic) bond motifs is 3. The smallest absolute Gasteiger partial charge is 0.249 e. The van der Waals surface area contributed by atoms with E-state index in [2.05, 4.69) is 52.4 Å². The summed E-state index contributed by atoms with van der Waals surface area (Å²) in [6, 6.07) is 8.48. The molecule has 2 aliphatic rings. The normalized spacial score (nSPS) is 17.9. The number of carbonyl (C=O) groups is 1. The van der Waals surface area contributed by atoms with Crippen molar-refractivity contribution < 1.29 is 4.79 Å². The molecule has 1 aromatic carbocycles. The lowest BCUT2D eigenvalue weighted by Gasteiger charge is -2.36. The third-order valence-corrected chi connectivity index (χ3v) is 6.09. The highest BCUT2D eigenvalue weighted by molar-refractivity contribution is 6.04. The largest absolute Gasteiger partial charge is 0.343 e. The molecule has 7 nitrogen and oxygen atoms in total. The zero-order chi connectivity index (χ0) is 20.7. The summed E-state index contributed by atoms with van der Waals surface area (Å²) in [5, 5.41) is 4.50. The number of anilines is 2. The van der Waals surface area contributed by atoms with Crippen LogP contribution in [0.15, 0.2) is 42.9 Å². The molecule has 0 unspecified atom stereocenters. The van der Waals surface area contributed by atoms with Crippen LogP contribution in [0.1, 0.15) is 35.4 Å². The van der Waals surface area contributed by atoms with E-state index >= 15 is 0 Å². The highest BCUT2D eigenvalue weighted by Crippen LogP contribution is 2.37. The van der Waals surface area contributed by atoms with Gasteiger partial charge < -0.3 is 9.80 Å². The molecule has 0 N–H and O–H groups in total. The monoisotopic (exact) mass is 402 g/mol. The third-order valence-electron chi connectivity index (χ3n) is 6.09. The van der Waals surface area contributed by atoms with Crippen molar-refractivity contribution in [1.29, 1.82) is 0 Å². The number of benzene rings is 1. The highest BCUT2D eigenvalue weighted by Gasteiger charge is 2.40. The topological polar surface area (TPSA) is 67.2 Å². The Hall–Kier alpha value is -3.22. The summed E-state index contributed by atoms with van der Waals surface area (Å²) in [5.41, 5.74) is 4.50. The van der Waals surface area contributed by atoms with Gasteiger partial charge in [0.2, 0.25) is 5.91 Å². The minimum atomic E-state index is -0.0646. The molecule has 3 aromatic rings. The van der Waals surface area contributed by atoms with Crippen molar-refractivity contribution >= 4 is 17.4 Å². The van der Waals surface area contributed by atoms with Crippen molar-refractivity contribution in [3.05, 3.63) is 65.4 Å². The molecule has 0 bridgehead atoms. The van der Waals surface area contributed by atoms with Crippen molar-refractivity contribution in [1.82, 2.24) is 19.7 Å². The number of rotatable bonds is 5. The molecule has 0 saturated carbocycles. The molecule has 5 rings (SSSR count). The van der Waals surface area contributed by atoms with Gasteiger partial charge in [-0.2, -0.15) is 5.10 Å². The van der Waals surface area contributed by atoms with Crippen LogP contribution >= 0.6 is 0 Å². The Kier molecular flexibility index (Phi) is 4.73. The lowest BCUT2D eigenvalue weighted by atomic mass is 10.1. The number of nitrogens with zero attached hydrogens (tertiary/aromatic N) is 6. The highest BCUT2D eigenvalue weighted by atomic mass is 16.2. The Bertz CT molecular complexity index is 1070. The molecule has 2 aliphatic heterocycles. The van der Waals surface area contributed by atoms with Gasteiger partial charge in [0.1, 0.15) is 17.6 Å². The zero-order valence-electron chi connectivity index (χ0n) is 17.5. The number of hydrogen-bond acceptors (Lipinski definition) is 5. The molecular formula is C23H26N6O. The third kappa shape index (κ3) is 3.44. The first kappa shape index (κ1) is 18.8. The molecule has 7 heteroatoms. The quantitative estimate of drug-likeness (QED) is 0.657. The Morgan fingerprint density at radius 1 is 1.10 bits per heavy atom. The SMILES string of the molecule is Cc1ccc(Cn2cc(CCc3ncc4c(n3)N3CCC[C@H]3C(=O)N4C)cn2)cc1. The molecule has 1 saturated heterocycles. The van der Waals surface area contributed by atoms with Gasteiger partial charge >= 0.3 is 0 Å². The van der Waals surface area contributed by atoms with Gasteiger partial charge in [0.05, 0.1) is 18.9 Å². The minimum absolute atomic E-state index is 0.0646. The van der Waals surface area contributed by atoms with Crippen LogP contribution in [0.4, 0.5) is 11.5 Å². The lowest BCUT2D eigenvalue weighted by molar-refractivity contribution is -0.119. The molecule has 1 atom stereocenters. The van der Waals surface area contributed by atoms with Crippen LogP contribution in [0.3, 0.4) is 0 Å². The maximum Gasteiger partial charge on any atom is 0.249 e. The predicted molar refractivity (Wildman–Crippen MR) is 116 cm³/mol. The molecule has 30 heavy (non-hydrogen) atoms. The second-order valence-electron chi connectivity index (χ2n) is 8.28. The van der Waals surface area contributed by atoms with Crippen LogP contribution in [0.25, 0.3) is 0 Å². The molecule has 0 aliphatic carbocycles. The standard InChI is InChI=1S/C23H26N6O/c1-16-5-7-17(8-6-16)14-28-15-18(12-25-28)9-10-21-24-13-20-22(26-21)29-11-3-4-19(29)23(30)27(20)2/h5-8,12-13,15,19H,3-4,9-11,14H2,1-2H3/t19-/m0/s1. The van der Waals surface area contributed by atoms with Crippen LogP contribution in [0.5, 0.6) is 0 Å². The number of likely N-dealkylation sites (N-methyl/N-ethyl adjacent to an activating group) is 1. The molecule has 1 amide bonds. The minimum Gasteiger partial charge on any atom is -0.343 e. The number of aromatic nitrogens is 4. The first-order chi connectivity index (χ1) is 14.6. The summed E-state index contributed by atoms with van der Waals surface area (Å²) in [6.07, 6.45) is 9.34. The van der Waals surface area contributed by atoms with Crippen molar-refractivity contribution in [2.75, 3.05) is 23.4 Å². The molecular weight excluding hydrogens is 376 g/mol. The summed E-state index contributed by atoms with van der Waals surface area (Å²) in [6.45, 7) is 3.75. The van der Waals surface area contributed by atoms with Crippen LogP contribution in [-0.2, 0) is 24.2 Å². The first-order valence-corrected chi connectivity index (χ1v) is 10.6. The molecule has 0 radical (unpaired) electrons. The first-order valence-electron chi connectivity index (χ1n) is 10.6. The van der Waals surface area contributed by atoms with Gasteiger partial charge in [-0.15, -0.1) is 0 Å². The average molecular weight is 403 g/mol. The fraction of sp³-hybridized carbons (Fsp3) is 0.391. The van der Waals surface area contributed by atoms with Gasteiger partial charge in [-0.25, -0.2) is 9.97 Å². The summed E-state index contributed by atoms with van der Waals surface area (Å²) in [4.78, 5) is 25.8. The molecule has 4 heterocycles. The van der Waals surface area contributed by atoms with Crippen molar-refractivity contribution in [2.24, 2.45) is 0 Å². The van der Waals surface area contributed by atoms with E-state index in [0.29, 0.717) is 0 Å². The van der Waals surface area contributed by atoms with Gasteiger partial charge in [-0.05, 0) is 37.3 Å². The number of amides is 1. The van der Waals surface area contributed by atoms with E-state index in [1.807, 2.05) is 17.9 Å².